The molecule has 0 bridgehead atoms. The highest BCUT2D eigenvalue weighted by molar-refractivity contribution is 7.97. The van der Waals surface area contributed by atoms with Crippen LogP contribution >= 0.6 is 11.9 Å². The number of halogens is 3. The van der Waals surface area contributed by atoms with E-state index in [0.717, 1.165) is 11.3 Å². The van der Waals surface area contributed by atoms with E-state index < -0.39 is 13.0 Å². The molecule has 1 N–H and O–H groups in total. The zero-order chi connectivity index (χ0) is 21.5. The van der Waals surface area contributed by atoms with Crippen molar-refractivity contribution in [1.82, 2.24) is 23.9 Å². The van der Waals surface area contributed by atoms with Gasteiger partial charge < -0.3 is 10.0 Å². The van der Waals surface area contributed by atoms with Crippen molar-refractivity contribution in [3.05, 3.63) is 66.0 Å². The summed E-state index contributed by atoms with van der Waals surface area (Å²) in [6.07, 6.45) is 2.54. The lowest BCUT2D eigenvalue weighted by Gasteiger charge is -2.14. The molecule has 0 fully saturated rings. The van der Waals surface area contributed by atoms with E-state index in [1.807, 2.05) is 6.20 Å². The van der Waals surface area contributed by atoms with E-state index in [0.29, 0.717) is 18.0 Å². The molecule has 0 unspecified atom stereocenters. The van der Waals surface area contributed by atoms with Crippen molar-refractivity contribution in [2.45, 2.75) is 37.4 Å². The molecule has 3 heterocycles. The number of rotatable bonds is 6. The first kappa shape index (κ1) is 21.9. The van der Waals surface area contributed by atoms with E-state index in [1.54, 1.807) is 33.4 Å². The van der Waals surface area contributed by atoms with Crippen LogP contribution in [0.4, 0.5) is 13.2 Å². The summed E-state index contributed by atoms with van der Waals surface area (Å²) < 4.78 is 39.3. The Morgan fingerprint density at radius 2 is 1.97 bits per heavy atom. The summed E-state index contributed by atoms with van der Waals surface area (Å²) in [6.45, 7) is 0.301. The van der Waals surface area contributed by atoms with Crippen LogP contribution in [0, 0.1) is 5.82 Å². The monoisotopic (exact) mass is 439 g/mol. The first-order valence-electron chi connectivity index (χ1n) is 9.10. The lowest BCUT2D eigenvalue weighted by atomic mass is 10.3. The molecule has 4 rings (SSSR count). The molecule has 0 spiro atoms. The molecule has 0 radical (unpaired) electrons. The van der Waals surface area contributed by atoms with E-state index in [9.17, 15) is 18.0 Å². The molecule has 0 aliphatic carbocycles. The summed E-state index contributed by atoms with van der Waals surface area (Å²) in [5.74, 6) is -0.277. The molecular formula is C19H20F3N5O2S. The predicted octanol–water partition coefficient (Wildman–Crippen LogP) is 2.95. The average molecular weight is 439 g/mol. The number of carbonyl (C=O) groups excluding carboxylic acids is 1. The summed E-state index contributed by atoms with van der Waals surface area (Å²) in [5.41, 5.74) is 1.76. The van der Waals surface area contributed by atoms with Gasteiger partial charge >= 0.3 is 0 Å². The molecule has 7 nitrogen and oxygen atoms in total. The smallest absolute Gasteiger partial charge is 0.257 e. The van der Waals surface area contributed by atoms with Crippen LogP contribution < -0.4 is 0 Å². The third kappa shape index (κ3) is 6.10. The van der Waals surface area contributed by atoms with Crippen LogP contribution in [0.25, 0.3) is 0 Å². The second-order valence-corrected chi connectivity index (χ2v) is 7.43. The molecule has 160 valence electrons. The predicted molar refractivity (Wildman–Crippen MR) is 104 cm³/mol. The number of benzene rings is 1. The van der Waals surface area contributed by atoms with Crippen molar-refractivity contribution in [2.24, 2.45) is 0 Å². The van der Waals surface area contributed by atoms with E-state index >= 15 is 0 Å². The van der Waals surface area contributed by atoms with Gasteiger partial charge in [0.25, 0.3) is 6.43 Å². The van der Waals surface area contributed by atoms with Gasteiger partial charge in [-0.1, -0.05) is 18.2 Å². The zero-order valence-corrected chi connectivity index (χ0v) is 16.7. The Morgan fingerprint density at radius 1 is 1.20 bits per heavy atom. The Kier molecular flexibility index (Phi) is 7.52. The molecule has 2 aromatic heterocycles. The maximum Gasteiger partial charge on any atom is 0.257 e. The molecule has 1 amide bonds. The van der Waals surface area contributed by atoms with Gasteiger partial charge in [0.05, 0.1) is 29.9 Å². The minimum atomic E-state index is -2.44. The summed E-state index contributed by atoms with van der Waals surface area (Å²) in [6, 6.07) is 7.94. The second kappa shape index (κ2) is 10.3. The maximum absolute atomic E-state index is 12.3. The third-order valence-corrected chi connectivity index (χ3v) is 4.90. The normalized spacial score (nSPS) is 12.6. The molecule has 11 heteroatoms. The van der Waals surface area contributed by atoms with Crippen molar-refractivity contribution in [1.29, 1.82) is 0 Å². The van der Waals surface area contributed by atoms with Gasteiger partial charge in [0.15, 0.2) is 0 Å². The van der Waals surface area contributed by atoms with Crippen molar-refractivity contribution in [3.8, 4) is 0 Å². The molecule has 3 aromatic rings. The first-order chi connectivity index (χ1) is 14.4. The lowest BCUT2D eigenvalue weighted by Crippen LogP contribution is -2.26. The Hall–Kier alpha value is -2.79. The number of hydrogen-bond donors (Lipinski definition) is 1. The largest absolute Gasteiger partial charge is 0.396 e. The fourth-order valence-electron chi connectivity index (χ4n) is 2.76. The molecular weight excluding hydrogens is 419 g/mol. The zero-order valence-electron chi connectivity index (χ0n) is 15.9. The summed E-state index contributed by atoms with van der Waals surface area (Å²) >= 11 is 1.27. The van der Waals surface area contributed by atoms with Crippen LogP contribution in [0.5, 0.6) is 0 Å². The Bertz CT molecular complexity index is 941. The van der Waals surface area contributed by atoms with E-state index in [2.05, 4.69) is 10.2 Å². The number of aliphatic hydroxyl groups excluding tert-OH is 1. The number of carbonyl (C=O) groups is 1. The number of alkyl halides is 2. The van der Waals surface area contributed by atoms with Crippen molar-refractivity contribution >= 4 is 17.9 Å². The topological polar surface area (TPSA) is 76.2 Å². The van der Waals surface area contributed by atoms with Crippen LogP contribution in [0.15, 0.2) is 53.8 Å². The van der Waals surface area contributed by atoms with Gasteiger partial charge in [0.2, 0.25) is 5.91 Å². The average Bonchev–Trinajstić information content (AvgIpc) is 3.38. The van der Waals surface area contributed by atoms with Crippen LogP contribution in [-0.2, 0) is 24.4 Å². The van der Waals surface area contributed by atoms with Crippen LogP contribution in [0.2, 0.25) is 0 Å². The molecule has 0 saturated carbocycles. The van der Waals surface area contributed by atoms with Gasteiger partial charge in [-0.05, 0) is 12.1 Å². The molecule has 1 aliphatic rings. The van der Waals surface area contributed by atoms with Gasteiger partial charge in [-0.15, -0.1) is 0 Å². The summed E-state index contributed by atoms with van der Waals surface area (Å²) in [4.78, 5) is 14.1. The Morgan fingerprint density at radius 3 is 2.57 bits per heavy atom. The van der Waals surface area contributed by atoms with E-state index in [1.165, 1.54) is 35.0 Å². The van der Waals surface area contributed by atoms with E-state index in [4.69, 9.17) is 5.11 Å². The van der Waals surface area contributed by atoms with Gasteiger partial charge in [-0.3, -0.25) is 9.48 Å². The van der Waals surface area contributed by atoms with Gasteiger partial charge in [0.1, 0.15) is 12.4 Å². The number of aliphatic hydroxyl groups is 1. The summed E-state index contributed by atoms with van der Waals surface area (Å²) in [7, 11) is 0. The molecule has 1 aliphatic heterocycles. The van der Waals surface area contributed by atoms with Crippen molar-refractivity contribution in [2.75, 3.05) is 6.61 Å². The molecule has 0 atom stereocenters. The first-order valence-corrected chi connectivity index (χ1v) is 9.87. The Labute approximate surface area is 175 Å². The number of aromatic nitrogens is 4. The van der Waals surface area contributed by atoms with Gasteiger partial charge in [0, 0.05) is 42.9 Å². The SMILES string of the molecule is Fc1ccccc1.O=C(CCO)N1Cc2cn(Sc3cnn(CC(F)F)c3)nc2C1. The van der Waals surface area contributed by atoms with Crippen molar-refractivity contribution in [3.63, 3.8) is 0 Å². The third-order valence-electron chi connectivity index (χ3n) is 4.10. The standard InChI is InChI=1S/C13H15F2N5O2S.C6H5F/c14-12(15)8-19-6-10(3-16-19)23-20-5-9-4-18(7-11(9)17-20)13(22)1-2-21;7-6-4-2-1-3-5-6/h3,5-6,12,21H,1-2,4,7-8H2;1-5H. The van der Waals surface area contributed by atoms with Gasteiger partial charge in [-0.25, -0.2) is 17.3 Å². The summed E-state index contributed by atoms with van der Waals surface area (Å²) in [5, 5.41) is 17.1. The number of fused-ring (bicyclic) bond motifs is 1. The fraction of sp³-hybridized carbons (Fsp3) is 0.316. The molecule has 30 heavy (non-hydrogen) atoms. The van der Waals surface area contributed by atoms with E-state index in [-0.39, 0.29) is 24.8 Å². The highest BCUT2D eigenvalue weighted by Crippen LogP contribution is 2.26. The minimum absolute atomic E-state index is 0.0991. The van der Waals surface area contributed by atoms with Crippen LogP contribution in [0.1, 0.15) is 17.7 Å². The lowest BCUT2D eigenvalue weighted by molar-refractivity contribution is -0.132. The highest BCUT2D eigenvalue weighted by Gasteiger charge is 2.26. The maximum atomic E-state index is 12.3. The van der Waals surface area contributed by atoms with Crippen molar-refractivity contribution < 1.29 is 23.1 Å². The number of nitrogens with zero attached hydrogens (tertiary/aromatic N) is 5. The number of amides is 1. The Balaban J connectivity index is 0.000000310. The molecule has 1 aromatic carbocycles. The fourth-order valence-corrected chi connectivity index (χ4v) is 3.56. The molecule has 0 saturated heterocycles. The minimum Gasteiger partial charge on any atom is -0.396 e. The van der Waals surface area contributed by atoms with Crippen LogP contribution in [0.3, 0.4) is 0 Å². The highest BCUT2D eigenvalue weighted by atomic mass is 32.2. The van der Waals surface area contributed by atoms with Crippen LogP contribution in [-0.4, -0.2) is 47.9 Å². The number of hydrogen-bond acceptors (Lipinski definition) is 5. The van der Waals surface area contributed by atoms with Gasteiger partial charge in [-0.2, -0.15) is 10.2 Å². The second-order valence-electron chi connectivity index (χ2n) is 6.40. The quantitative estimate of drug-likeness (QED) is 0.639.